The lowest BCUT2D eigenvalue weighted by Gasteiger charge is -2.24. The number of unbranched alkanes of at least 4 members (excludes halogenated alkanes) is 2. The first-order chi connectivity index (χ1) is 10.3. The van der Waals surface area contributed by atoms with Crippen molar-refractivity contribution in [3.8, 4) is 0 Å². The molecule has 0 heterocycles. The number of aliphatic hydroxyl groups is 1. The van der Waals surface area contributed by atoms with Crippen molar-refractivity contribution in [1.29, 1.82) is 0 Å². The fourth-order valence-corrected chi connectivity index (χ4v) is 3.59. The lowest BCUT2D eigenvalue weighted by Crippen LogP contribution is -2.30. The quantitative estimate of drug-likeness (QED) is 0.664. The molecule has 0 radical (unpaired) electrons. The summed E-state index contributed by atoms with van der Waals surface area (Å²) in [6.45, 7) is 3.67. The molecule has 2 heteroatoms. The highest BCUT2D eigenvalue weighted by Gasteiger charge is 2.27. The molecule has 0 amide bonds. The third kappa shape index (κ3) is 5.12. The Morgan fingerprint density at radius 1 is 1.14 bits per heavy atom. The SMILES string of the molecule is CCCCCC(NCC1CCCC1CO)c1ccccc1. The Labute approximate surface area is 130 Å². The van der Waals surface area contributed by atoms with Crippen LogP contribution in [0.3, 0.4) is 0 Å². The highest BCUT2D eigenvalue weighted by molar-refractivity contribution is 5.18. The molecule has 1 saturated carbocycles. The molecular weight excluding hydrogens is 258 g/mol. The van der Waals surface area contributed by atoms with E-state index in [1.807, 2.05) is 0 Å². The summed E-state index contributed by atoms with van der Waals surface area (Å²) in [4.78, 5) is 0. The molecular formula is C19H31NO. The van der Waals surface area contributed by atoms with Crippen LogP contribution in [0.15, 0.2) is 30.3 Å². The second-order valence-electron chi connectivity index (χ2n) is 6.50. The lowest BCUT2D eigenvalue weighted by atomic mass is 9.95. The maximum atomic E-state index is 9.46. The number of aliphatic hydroxyl groups excluding tert-OH is 1. The number of benzene rings is 1. The molecule has 118 valence electrons. The predicted molar refractivity (Wildman–Crippen MR) is 89.2 cm³/mol. The van der Waals surface area contributed by atoms with E-state index in [1.54, 1.807) is 0 Å². The zero-order valence-corrected chi connectivity index (χ0v) is 13.4. The molecule has 2 rings (SSSR count). The van der Waals surface area contributed by atoms with Crippen molar-refractivity contribution in [3.05, 3.63) is 35.9 Å². The largest absolute Gasteiger partial charge is 0.396 e. The lowest BCUT2D eigenvalue weighted by molar-refractivity contribution is 0.189. The second-order valence-corrected chi connectivity index (χ2v) is 6.50. The smallest absolute Gasteiger partial charge is 0.0462 e. The molecule has 0 bridgehead atoms. The summed E-state index contributed by atoms with van der Waals surface area (Å²) in [6, 6.07) is 11.3. The van der Waals surface area contributed by atoms with Gasteiger partial charge in [0.05, 0.1) is 0 Å². The Bertz CT molecular complexity index is 378. The van der Waals surface area contributed by atoms with Crippen molar-refractivity contribution < 1.29 is 5.11 Å². The van der Waals surface area contributed by atoms with Crippen LogP contribution < -0.4 is 5.32 Å². The first-order valence-corrected chi connectivity index (χ1v) is 8.74. The van der Waals surface area contributed by atoms with Crippen molar-refractivity contribution in [1.82, 2.24) is 5.32 Å². The van der Waals surface area contributed by atoms with Crippen LogP contribution in [0.25, 0.3) is 0 Å². The summed E-state index contributed by atoms with van der Waals surface area (Å²) in [5.74, 6) is 1.18. The highest BCUT2D eigenvalue weighted by atomic mass is 16.3. The van der Waals surface area contributed by atoms with Crippen LogP contribution in [0.5, 0.6) is 0 Å². The van der Waals surface area contributed by atoms with Gasteiger partial charge in [-0.3, -0.25) is 0 Å². The molecule has 0 saturated heterocycles. The minimum atomic E-state index is 0.359. The molecule has 3 atom stereocenters. The Balaban J connectivity index is 1.89. The molecule has 3 unspecified atom stereocenters. The van der Waals surface area contributed by atoms with Crippen molar-refractivity contribution in [2.75, 3.05) is 13.2 Å². The van der Waals surface area contributed by atoms with Crippen LogP contribution in [-0.4, -0.2) is 18.3 Å². The molecule has 0 spiro atoms. The number of hydrogen-bond donors (Lipinski definition) is 2. The number of rotatable bonds is 9. The van der Waals surface area contributed by atoms with Gasteiger partial charge in [0.25, 0.3) is 0 Å². The Hall–Kier alpha value is -0.860. The minimum absolute atomic E-state index is 0.359. The molecule has 2 nitrogen and oxygen atoms in total. The van der Waals surface area contributed by atoms with Crippen LogP contribution >= 0.6 is 0 Å². The average Bonchev–Trinajstić information content (AvgIpc) is 2.99. The average molecular weight is 289 g/mol. The molecule has 0 aliphatic heterocycles. The van der Waals surface area contributed by atoms with Crippen LogP contribution in [-0.2, 0) is 0 Å². The third-order valence-electron chi connectivity index (χ3n) is 4.98. The van der Waals surface area contributed by atoms with E-state index in [0.717, 1.165) is 6.54 Å². The molecule has 1 aliphatic carbocycles. The highest BCUT2D eigenvalue weighted by Crippen LogP contribution is 2.31. The molecule has 0 aromatic heterocycles. The summed E-state index contributed by atoms with van der Waals surface area (Å²) in [7, 11) is 0. The molecule has 1 aromatic rings. The third-order valence-corrected chi connectivity index (χ3v) is 4.98. The fraction of sp³-hybridized carbons (Fsp3) is 0.684. The first-order valence-electron chi connectivity index (χ1n) is 8.74. The van der Waals surface area contributed by atoms with E-state index in [1.165, 1.54) is 50.5 Å². The predicted octanol–water partition coefficient (Wildman–Crippen LogP) is 4.31. The maximum absolute atomic E-state index is 9.46. The molecule has 1 fully saturated rings. The Morgan fingerprint density at radius 3 is 2.62 bits per heavy atom. The van der Waals surface area contributed by atoms with Gasteiger partial charge in [-0.25, -0.2) is 0 Å². The van der Waals surface area contributed by atoms with Crippen molar-refractivity contribution in [2.24, 2.45) is 11.8 Å². The summed E-state index contributed by atoms with van der Waals surface area (Å²) >= 11 is 0. The summed E-state index contributed by atoms with van der Waals surface area (Å²) < 4.78 is 0. The van der Waals surface area contributed by atoms with E-state index in [9.17, 15) is 5.11 Å². The van der Waals surface area contributed by atoms with Gasteiger partial charge >= 0.3 is 0 Å². The fourth-order valence-electron chi connectivity index (χ4n) is 3.59. The Kier molecular flexibility index (Phi) is 7.25. The van der Waals surface area contributed by atoms with Crippen molar-refractivity contribution in [3.63, 3.8) is 0 Å². The van der Waals surface area contributed by atoms with Crippen LogP contribution in [0, 0.1) is 11.8 Å². The van der Waals surface area contributed by atoms with E-state index < -0.39 is 0 Å². The van der Waals surface area contributed by atoms with Gasteiger partial charge in [-0.1, -0.05) is 62.9 Å². The Morgan fingerprint density at radius 2 is 1.90 bits per heavy atom. The van der Waals surface area contributed by atoms with Crippen molar-refractivity contribution in [2.45, 2.75) is 57.9 Å². The first kappa shape index (κ1) is 16.5. The van der Waals surface area contributed by atoms with Gasteiger partial charge in [0.1, 0.15) is 0 Å². The second kappa shape index (κ2) is 9.22. The standard InChI is InChI=1S/C19H31NO/c1-2-3-5-13-19(16-9-6-4-7-10-16)20-14-17-11-8-12-18(17)15-21/h4,6-7,9-10,17-21H,2-3,5,8,11-15H2,1H3. The molecule has 21 heavy (non-hydrogen) atoms. The van der Waals surface area contributed by atoms with E-state index in [-0.39, 0.29) is 0 Å². The number of nitrogens with one attached hydrogen (secondary N) is 1. The van der Waals surface area contributed by atoms with Crippen LogP contribution in [0.2, 0.25) is 0 Å². The van der Waals surface area contributed by atoms with Gasteiger partial charge < -0.3 is 10.4 Å². The van der Waals surface area contributed by atoms with Gasteiger partial charge in [0, 0.05) is 12.6 Å². The zero-order valence-electron chi connectivity index (χ0n) is 13.4. The monoisotopic (exact) mass is 289 g/mol. The maximum Gasteiger partial charge on any atom is 0.0462 e. The normalized spacial score (nSPS) is 23.3. The van der Waals surface area contributed by atoms with Gasteiger partial charge in [-0.2, -0.15) is 0 Å². The van der Waals surface area contributed by atoms with E-state index in [4.69, 9.17) is 0 Å². The number of hydrogen-bond acceptors (Lipinski definition) is 2. The van der Waals surface area contributed by atoms with Crippen LogP contribution in [0.1, 0.15) is 63.5 Å². The zero-order chi connectivity index (χ0) is 14.9. The van der Waals surface area contributed by atoms with Crippen molar-refractivity contribution >= 4 is 0 Å². The topological polar surface area (TPSA) is 32.3 Å². The molecule has 1 aromatic carbocycles. The van der Waals surface area contributed by atoms with Gasteiger partial charge in [0.2, 0.25) is 0 Å². The van der Waals surface area contributed by atoms with Gasteiger partial charge in [-0.05, 0) is 43.2 Å². The van der Waals surface area contributed by atoms with E-state index in [0.29, 0.717) is 24.5 Å². The summed E-state index contributed by atoms with van der Waals surface area (Å²) in [5, 5.41) is 13.3. The van der Waals surface area contributed by atoms with Crippen LogP contribution in [0.4, 0.5) is 0 Å². The minimum Gasteiger partial charge on any atom is -0.396 e. The van der Waals surface area contributed by atoms with Gasteiger partial charge in [-0.15, -0.1) is 0 Å². The molecule has 1 aliphatic rings. The van der Waals surface area contributed by atoms with E-state index in [2.05, 4.69) is 42.6 Å². The van der Waals surface area contributed by atoms with Gasteiger partial charge in [0.15, 0.2) is 0 Å². The summed E-state index contributed by atoms with van der Waals surface area (Å²) in [5.41, 5.74) is 1.41. The summed E-state index contributed by atoms with van der Waals surface area (Å²) in [6.07, 6.45) is 8.85. The molecule has 2 N–H and O–H groups in total. The van der Waals surface area contributed by atoms with E-state index >= 15 is 0 Å².